The van der Waals surface area contributed by atoms with Crippen LogP contribution < -0.4 is 0 Å². The lowest BCUT2D eigenvalue weighted by Gasteiger charge is -2.63. The first-order valence-electron chi connectivity index (χ1n) is 9.87. The minimum atomic E-state index is -2.67. The largest absolute Gasteiger partial charge is 0.425 e. The second-order valence-corrected chi connectivity index (χ2v) is 18.7. The minimum absolute atomic E-state index is 0.158. The van der Waals surface area contributed by atoms with E-state index in [-0.39, 0.29) is 28.2 Å². The van der Waals surface area contributed by atoms with Gasteiger partial charge in [0.25, 0.3) is 30.0 Å². The smallest absolute Gasteiger partial charge is 0.323 e. The van der Waals surface area contributed by atoms with Crippen LogP contribution in [0.2, 0.25) is 11.6 Å². The van der Waals surface area contributed by atoms with E-state index in [0.29, 0.717) is 0 Å². The van der Waals surface area contributed by atoms with E-state index in [4.69, 9.17) is 16.5 Å². The van der Waals surface area contributed by atoms with Crippen LogP contribution >= 0.6 is 0 Å². The minimum Gasteiger partial charge on any atom is -0.425 e. The van der Waals surface area contributed by atoms with Crippen molar-refractivity contribution < 1.29 is 21.3 Å². The monoisotopic (exact) mass is 449 g/mol. The van der Waals surface area contributed by atoms with Crippen molar-refractivity contribution in [3.63, 3.8) is 0 Å². The van der Waals surface area contributed by atoms with E-state index in [1.165, 1.54) is 0 Å². The van der Waals surface area contributed by atoms with Crippen LogP contribution in [-0.2, 0) is 21.3 Å². The average Bonchev–Trinajstić information content (AvgIpc) is 2.54. The van der Waals surface area contributed by atoms with E-state index in [0.717, 1.165) is 0 Å². The van der Waals surface area contributed by atoms with Crippen molar-refractivity contribution in [2.75, 3.05) is 0 Å². The Morgan fingerprint density at radius 1 is 0.852 bits per heavy atom. The molecule has 0 spiro atoms. The molecule has 10 heteroatoms. The molecule has 0 aliphatic carbocycles. The molecule has 1 unspecified atom stereocenters. The van der Waals surface area contributed by atoms with Gasteiger partial charge in [-0.15, -0.1) is 0 Å². The fraction of sp³-hybridized carbons (Fsp3) is 0.941. The molecule has 1 rings (SSSR count). The molecular formula is C17H39NO5Si4. The lowest BCUT2D eigenvalue weighted by molar-refractivity contribution is -0.0349. The first kappa shape index (κ1) is 25.1. The van der Waals surface area contributed by atoms with E-state index in [2.05, 4.69) is 73.9 Å². The summed E-state index contributed by atoms with van der Waals surface area (Å²) in [5, 5.41) is -0.339. The number of hydrogen-bond acceptors (Lipinski definition) is 6. The maximum absolute atomic E-state index is 11.6. The molecule has 27 heavy (non-hydrogen) atoms. The molecule has 0 amide bonds. The summed E-state index contributed by atoms with van der Waals surface area (Å²) < 4.78 is 24.3. The zero-order valence-corrected chi connectivity index (χ0v) is 24.1. The lowest BCUT2D eigenvalue weighted by atomic mass is 9.51. The summed E-state index contributed by atoms with van der Waals surface area (Å²) in [7, 11) is -5.84. The SMILES string of the molecule is CC(C)C(N=C=O)(C(C)C)C(C)(C(C)C)C(C)(C)[Si]1(C)O[SiH2]O[SiH2]O[SiH2]O1. The Labute approximate surface area is 173 Å². The summed E-state index contributed by atoms with van der Waals surface area (Å²) in [4.78, 5) is 16.2. The predicted octanol–water partition coefficient (Wildman–Crippen LogP) is 1.96. The summed E-state index contributed by atoms with van der Waals surface area (Å²) in [5.74, 6) is 0.563. The fourth-order valence-electron chi connectivity index (χ4n) is 5.31. The van der Waals surface area contributed by atoms with Crippen LogP contribution in [0.25, 0.3) is 0 Å². The van der Waals surface area contributed by atoms with Gasteiger partial charge in [0.15, 0.2) is 0 Å². The van der Waals surface area contributed by atoms with Crippen molar-refractivity contribution >= 4 is 44.7 Å². The number of hydrogen-bond donors (Lipinski definition) is 0. The molecule has 0 saturated carbocycles. The van der Waals surface area contributed by atoms with E-state index < -0.39 is 44.1 Å². The van der Waals surface area contributed by atoms with Gasteiger partial charge < -0.3 is 16.5 Å². The molecule has 1 aliphatic rings. The van der Waals surface area contributed by atoms with Crippen LogP contribution in [0.4, 0.5) is 0 Å². The van der Waals surface area contributed by atoms with Gasteiger partial charge in [0.1, 0.15) is 0 Å². The quantitative estimate of drug-likeness (QED) is 0.338. The molecule has 1 saturated heterocycles. The number of isocyanates is 1. The lowest BCUT2D eigenvalue weighted by Crippen LogP contribution is -2.67. The molecule has 1 atom stereocenters. The van der Waals surface area contributed by atoms with Crippen molar-refractivity contribution in [3.05, 3.63) is 0 Å². The molecule has 0 radical (unpaired) electrons. The van der Waals surface area contributed by atoms with Crippen LogP contribution in [0.5, 0.6) is 0 Å². The molecule has 0 bridgehead atoms. The summed E-state index contributed by atoms with van der Waals surface area (Å²) in [5.41, 5.74) is -0.947. The summed E-state index contributed by atoms with van der Waals surface area (Å²) in [6, 6.07) is 0. The average molecular weight is 450 g/mol. The molecule has 0 aromatic rings. The van der Waals surface area contributed by atoms with Gasteiger partial charge in [-0.05, 0) is 24.3 Å². The molecule has 6 nitrogen and oxygen atoms in total. The molecule has 1 fully saturated rings. The molecular weight excluding hydrogens is 411 g/mol. The van der Waals surface area contributed by atoms with E-state index in [9.17, 15) is 4.79 Å². The number of nitrogens with zero attached hydrogens (tertiary/aromatic N) is 1. The van der Waals surface area contributed by atoms with E-state index in [1.807, 2.05) is 6.08 Å². The Hall–Kier alpha value is 0.0875. The molecule has 1 heterocycles. The highest BCUT2D eigenvalue weighted by Gasteiger charge is 2.68. The van der Waals surface area contributed by atoms with Crippen LogP contribution in [0.3, 0.4) is 0 Å². The summed E-state index contributed by atoms with van der Waals surface area (Å²) in [6.45, 7) is 21.9. The molecule has 158 valence electrons. The highest BCUT2D eigenvalue weighted by atomic mass is 28.5. The highest BCUT2D eigenvalue weighted by Crippen LogP contribution is 2.66. The third kappa shape index (κ3) is 4.06. The third-order valence-corrected chi connectivity index (χ3v) is 18.2. The normalized spacial score (nSPS) is 27.7. The Bertz CT molecular complexity index is 535. The Morgan fingerprint density at radius 2 is 1.30 bits per heavy atom. The summed E-state index contributed by atoms with van der Waals surface area (Å²) in [6.07, 6.45) is 1.92. The van der Waals surface area contributed by atoms with Crippen molar-refractivity contribution in [1.29, 1.82) is 0 Å². The molecule has 0 N–H and O–H groups in total. The number of aliphatic imine (C=N–C) groups is 1. The van der Waals surface area contributed by atoms with Gasteiger partial charge in [-0.3, -0.25) is 0 Å². The van der Waals surface area contributed by atoms with Crippen molar-refractivity contribution in [2.45, 2.75) is 79.4 Å². The first-order chi connectivity index (χ1) is 12.3. The fourth-order valence-corrected chi connectivity index (χ4v) is 16.8. The Morgan fingerprint density at radius 3 is 1.63 bits per heavy atom. The van der Waals surface area contributed by atoms with Gasteiger partial charge >= 0.3 is 8.56 Å². The highest BCUT2D eigenvalue weighted by molar-refractivity contribution is 6.77. The second kappa shape index (κ2) is 9.27. The van der Waals surface area contributed by atoms with Crippen LogP contribution in [0.1, 0.15) is 62.3 Å². The zero-order chi connectivity index (χ0) is 21.1. The predicted molar refractivity (Wildman–Crippen MR) is 119 cm³/mol. The Balaban J connectivity index is 3.73. The topological polar surface area (TPSA) is 66.4 Å². The second-order valence-electron chi connectivity index (χ2n) is 9.32. The maximum Gasteiger partial charge on any atom is 0.323 e. The van der Waals surface area contributed by atoms with Crippen molar-refractivity contribution in [2.24, 2.45) is 28.2 Å². The standard InChI is InChI=1S/C17H39NO5Si4/c1-12(2)16(9,17(13(3)4,14(5)6)18-11-19)15(7,8)27(10)22-25-20-24-21-26-23-27/h12-14H,24-26H2,1-10H3. The van der Waals surface area contributed by atoms with Gasteiger partial charge in [-0.1, -0.05) is 62.3 Å². The summed E-state index contributed by atoms with van der Waals surface area (Å²) >= 11 is 0. The third-order valence-electron chi connectivity index (χ3n) is 7.41. The van der Waals surface area contributed by atoms with Gasteiger partial charge in [-0.2, -0.15) is 4.99 Å². The maximum atomic E-state index is 11.6. The molecule has 0 aromatic carbocycles. The van der Waals surface area contributed by atoms with Gasteiger partial charge in [0, 0.05) is 10.5 Å². The molecule has 0 aromatic heterocycles. The Kier molecular flexibility index (Phi) is 8.63. The van der Waals surface area contributed by atoms with E-state index >= 15 is 0 Å². The number of rotatable bonds is 7. The van der Waals surface area contributed by atoms with Gasteiger partial charge in [0.05, 0.1) is 5.54 Å². The van der Waals surface area contributed by atoms with Crippen LogP contribution in [0, 0.1) is 23.2 Å². The first-order valence-corrected chi connectivity index (χ1v) is 15.7. The van der Waals surface area contributed by atoms with Crippen LogP contribution in [0.15, 0.2) is 4.99 Å². The van der Waals surface area contributed by atoms with Gasteiger partial charge in [-0.25, -0.2) is 4.79 Å². The van der Waals surface area contributed by atoms with Crippen molar-refractivity contribution in [1.82, 2.24) is 0 Å². The zero-order valence-electron chi connectivity index (χ0n) is 18.8. The molecule has 1 aliphatic heterocycles. The van der Waals surface area contributed by atoms with E-state index in [1.54, 1.807) is 0 Å². The van der Waals surface area contributed by atoms with Gasteiger partial charge in [0.2, 0.25) is 6.08 Å². The van der Waals surface area contributed by atoms with Crippen LogP contribution in [-0.4, -0.2) is 50.2 Å². The number of carbonyl (C=O) groups excluding carboxylic acids is 1. The van der Waals surface area contributed by atoms with Crippen molar-refractivity contribution in [3.8, 4) is 0 Å².